The Labute approximate surface area is 120 Å². The van der Waals surface area contributed by atoms with Gasteiger partial charge in [-0.1, -0.05) is 0 Å². The second-order valence-corrected chi connectivity index (χ2v) is 7.99. The summed E-state index contributed by atoms with van der Waals surface area (Å²) in [5.41, 5.74) is 1.23. The molecule has 2 saturated carbocycles. The van der Waals surface area contributed by atoms with E-state index >= 15 is 0 Å². The Balaban J connectivity index is 1.80. The van der Waals surface area contributed by atoms with Crippen molar-refractivity contribution in [2.75, 3.05) is 13.6 Å². The molecule has 1 aromatic heterocycles. The number of aromatic nitrogens is 2. The van der Waals surface area contributed by atoms with Gasteiger partial charge < -0.3 is 5.32 Å². The minimum atomic E-state index is -3.44. The van der Waals surface area contributed by atoms with E-state index in [-0.39, 0.29) is 0 Å². The fourth-order valence-electron chi connectivity index (χ4n) is 2.38. The molecule has 6 nitrogen and oxygen atoms in total. The molecular weight excluding hydrogens is 276 g/mol. The number of sulfonamides is 1. The lowest BCUT2D eigenvalue weighted by Gasteiger charge is -2.17. The zero-order chi connectivity index (χ0) is 14.3. The summed E-state index contributed by atoms with van der Waals surface area (Å²) in [5.74, 6) is 0.537. The van der Waals surface area contributed by atoms with Crippen molar-refractivity contribution < 1.29 is 8.42 Å². The summed E-state index contributed by atoms with van der Waals surface area (Å²) in [6.07, 6.45) is 4.63. The highest BCUT2D eigenvalue weighted by atomic mass is 32.2. The Morgan fingerprint density at radius 1 is 1.35 bits per heavy atom. The van der Waals surface area contributed by atoms with Crippen LogP contribution in [0, 0.1) is 12.8 Å². The van der Waals surface area contributed by atoms with Crippen molar-refractivity contribution in [3.05, 3.63) is 11.4 Å². The molecule has 2 aliphatic rings. The Morgan fingerprint density at radius 2 is 2.05 bits per heavy atom. The molecule has 2 aliphatic carbocycles. The minimum absolute atomic E-state index is 0.355. The van der Waals surface area contributed by atoms with Gasteiger partial charge in [-0.05, 0) is 38.5 Å². The third kappa shape index (κ3) is 2.89. The Morgan fingerprint density at radius 3 is 2.65 bits per heavy atom. The molecular formula is C13H22N4O2S. The number of hydrogen-bond donors (Lipinski definition) is 2. The number of aryl methyl sites for hydroxylation is 1. The number of aromatic amines is 1. The molecule has 112 valence electrons. The second-order valence-electron chi connectivity index (χ2n) is 6.01. The SMILES string of the molecule is Cc1[nH]nc(CNC2CC2)c1S(=O)(=O)N(C)CC1CC1. The van der Waals surface area contributed by atoms with Gasteiger partial charge in [0.2, 0.25) is 10.0 Å². The predicted molar refractivity (Wildman–Crippen MR) is 75.7 cm³/mol. The number of H-pyrrole nitrogens is 1. The van der Waals surface area contributed by atoms with E-state index in [1.807, 2.05) is 0 Å². The van der Waals surface area contributed by atoms with Crippen molar-refractivity contribution in [1.82, 2.24) is 19.8 Å². The topological polar surface area (TPSA) is 78.1 Å². The third-order valence-electron chi connectivity index (χ3n) is 3.98. The molecule has 2 N–H and O–H groups in total. The molecule has 0 spiro atoms. The fourth-order valence-corrected chi connectivity index (χ4v) is 3.94. The molecule has 0 saturated heterocycles. The van der Waals surface area contributed by atoms with Crippen LogP contribution in [0.2, 0.25) is 0 Å². The molecule has 0 aromatic carbocycles. The molecule has 0 radical (unpaired) electrons. The summed E-state index contributed by atoms with van der Waals surface area (Å²) >= 11 is 0. The first-order valence-electron chi connectivity index (χ1n) is 7.22. The highest BCUT2D eigenvalue weighted by Gasteiger charge is 2.33. The summed E-state index contributed by atoms with van der Waals surface area (Å²) in [5, 5.41) is 10.3. The van der Waals surface area contributed by atoms with Crippen LogP contribution in [0.25, 0.3) is 0 Å². The van der Waals surface area contributed by atoms with Crippen molar-refractivity contribution in [1.29, 1.82) is 0 Å². The molecule has 20 heavy (non-hydrogen) atoms. The molecule has 1 heterocycles. The Bertz CT molecular complexity index is 588. The van der Waals surface area contributed by atoms with E-state index in [9.17, 15) is 8.42 Å². The number of rotatable bonds is 7. The lowest BCUT2D eigenvalue weighted by atomic mass is 10.3. The van der Waals surface area contributed by atoms with Crippen molar-refractivity contribution in [3.63, 3.8) is 0 Å². The van der Waals surface area contributed by atoms with Gasteiger partial charge in [0.15, 0.2) is 0 Å². The fraction of sp³-hybridized carbons (Fsp3) is 0.769. The average Bonchev–Trinajstić information content (AvgIpc) is 3.28. The van der Waals surface area contributed by atoms with Crippen LogP contribution in [-0.2, 0) is 16.6 Å². The van der Waals surface area contributed by atoms with Gasteiger partial charge in [-0.2, -0.15) is 5.10 Å². The van der Waals surface area contributed by atoms with E-state index in [1.165, 1.54) is 17.1 Å². The van der Waals surface area contributed by atoms with E-state index < -0.39 is 10.0 Å². The van der Waals surface area contributed by atoms with E-state index in [2.05, 4.69) is 15.5 Å². The second kappa shape index (κ2) is 5.13. The monoisotopic (exact) mass is 298 g/mol. The largest absolute Gasteiger partial charge is 0.308 e. The summed E-state index contributed by atoms with van der Waals surface area (Å²) < 4.78 is 26.9. The van der Waals surface area contributed by atoms with Crippen molar-refractivity contribution in [3.8, 4) is 0 Å². The van der Waals surface area contributed by atoms with Gasteiger partial charge in [-0.15, -0.1) is 0 Å². The quantitative estimate of drug-likeness (QED) is 0.787. The molecule has 0 bridgehead atoms. The van der Waals surface area contributed by atoms with Gasteiger partial charge in [0, 0.05) is 26.2 Å². The minimum Gasteiger partial charge on any atom is -0.308 e. The normalized spacial score (nSPS) is 19.8. The summed E-state index contributed by atoms with van der Waals surface area (Å²) in [6.45, 7) is 2.90. The molecule has 3 rings (SSSR count). The first kappa shape index (κ1) is 14.0. The van der Waals surface area contributed by atoms with Gasteiger partial charge in [0.05, 0.1) is 11.4 Å². The van der Waals surface area contributed by atoms with E-state index in [0.29, 0.717) is 41.3 Å². The van der Waals surface area contributed by atoms with Gasteiger partial charge >= 0.3 is 0 Å². The maximum atomic E-state index is 12.7. The van der Waals surface area contributed by atoms with Crippen LogP contribution in [-0.4, -0.2) is 42.6 Å². The van der Waals surface area contributed by atoms with Gasteiger partial charge in [0.25, 0.3) is 0 Å². The molecule has 2 fully saturated rings. The molecule has 0 atom stereocenters. The Kier molecular flexibility index (Phi) is 3.60. The molecule has 1 aromatic rings. The lowest BCUT2D eigenvalue weighted by molar-refractivity contribution is 0.451. The third-order valence-corrected chi connectivity index (χ3v) is 6.00. The predicted octanol–water partition coefficient (Wildman–Crippen LogP) is 1.00. The van der Waals surface area contributed by atoms with Gasteiger partial charge in [-0.3, -0.25) is 5.10 Å². The first-order valence-corrected chi connectivity index (χ1v) is 8.66. The molecule has 0 amide bonds. The summed E-state index contributed by atoms with van der Waals surface area (Å²) in [7, 11) is -1.78. The van der Waals surface area contributed by atoms with Crippen LogP contribution >= 0.6 is 0 Å². The zero-order valence-electron chi connectivity index (χ0n) is 12.0. The summed E-state index contributed by atoms with van der Waals surface area (Å²) in [4.78, 5) is 0.355. The van der Waals surface area contributed by atoms with Crippen LogP contribution < -0.4 is 5.32 Å². The van der Waals surface area contributed by atoms with Gasteiger partial charge in [-0.25, -0.2) is 12.7 Å². The van der Waals surface area contributed by atoms with Crippen LogP contribution in [0.1, 0.15) is 37.1 Å². The maximum absolute atomic E-state index is 12.7. The highest BCUT2D eigenvalue weighted by molar-refractivity contribution is 7.89. The van der Waals surface area contributed by atoms with Crippen molar-refractivity contribution >= 4 is 10.0 Å². The molecule has 0 aliphatic heterocycles. The number of nitrogens with one attached hydrogen (secondary N) is 2. The van der Waals surface area contributed by atoms with Crippen LogP contribution in [0.5, 0.6) is 0 Å². The highest BCUT2D eigenvalue weighted by Crippen LogP contribution is 2.32. The first-order chi connectivity index (χ1) is 9.48. The smallest absolute Gasteiger partial charge is 0.246 e. The van der Waals surface area contributed by atoms with Crippen molar-refractivity contribution in [2.24, 2.45) is 5.92 Å². The van der Waals surface area contributed by atoms with E-state index in [0.717, 1.165) is 12.8 Å². The van der Waals surface area contributed by atoms with E-state index in [1.54, 1.807) is 14.0 Å². The summed E-state index contributed by atoms with van der Waals surface area (Å²) in [6, 6.07) is 0.534. The zero-order valence-corrected chi connectivity index (χ0v) is 12.8. The van der Waals surface area contributed by atoms with Crippen molar-refractivity contribution in [2.45, 2.75) is 50.1 Å². The molecule has 0 unspecified atom stereocenters. The Hall–Kier alpha value is -0.920. The number of hydrogen-bond acceptors (Lipinski definition) is 4. The van der Waals surface area contributed by atoms with E-state index in [4.69, 9.17) is 0 Å². The van der Waals surface area contributed by atoms with Gasteiger partial charge in [0.1, 0.15) is 4.90 Å². The average molecular weight is 298 g/mol. The maximum Gasteiger partial charge on any atom is 0.246 e. The van der Waals surface area contributed by atoms with Crippen LogP contribution in [0.15, 0.2) is 4.90 Å². The standard InChI is InChI=1S/C13H22N4O2S/c1-9-13(12(16-15-9)7-14-11-5-6-11)20(18,19)17(2)8-10-3-4-10/h10-11,14H,3-8H2,1-2H3,(H,15,16). The molecule has 7 heteroatoms. The van der Waals surface area contributed by atoms with Crippen LogP contribution in [0.4, 0.5) is 0 Å². The van der Waals surface area contributed by atoms with Crippen LogP contribution in [0.3, 0.4) is 0 Å². The lowest BCUT2D eigenvalue weighted by Crippen LogP contribution is -2.30. The number of nitrogens with zero attached hydrogens (tertiary/aromatic N) is 2.